The molecule has 0 radical (unpaired) electrons. The lowest BCUT2D eigenvalue weighted by atomic mass is 9.84. The first kappa shape index (κ1) is 31.6. The second-order valence-corrected chi connectivity index (χ2v) is 12.7. The molecular weight excluding hydrogens is 598 g/mol. The standard InChI is InChI=1S/C33H36ClN5O4S/c1-33(2,3)27-18-24(19-28(30(27)42-5)38-12-14-43-15-13-38)29(40)21-44-32-37-36-31(23-9-7-10-25(34)17-23)39(32)35-20-22-8-6-11-26(16-22)41-4/h6-11,16-20H,12-15,21H2,1-5H3/b35-20+. The number of ether oxygens (including phenoxy) is 3. The first-order valence-corrected chi connectivity index (χ1v) is 15.6. The Morgan fingerprint density at radius 3 is 2.52 bits per heavy atom. The van der Waals surface area contributed by atoms with Crippen LogP contribution in [0, 0.1) is 0 Å². The van der Waals surface area contributed by atoms with Crippen molar-refractivity contribution < 1.29 is 19.0 Å². The van der Waals surface area contributed by atoms with Crippen molar-refractivity contribution in [2.75, 3.05) is 51.2 Å². The third kappa shape index (κ3) is 7.26. The fourth-order valence-electron chi connectivity index (χ4n) is 4.91. The molecular formula is C33H36ClN5O4S. The molecule has 0 bridgehead atoms. The topological polar surface area (TPSA) is 91.1 Å². The summed E-state index contributed by atoms with van der Waals surface area (Å²) in [5.41, 5.74) is 3.86. The van der Waals surface area contributed by atoms with Crippen molar-refractivity contribution in [3.8, 4) is 22.9 Å². The van der Waals surface area contributed by atoms with Gasteiger partial charge in [0.05, 0.1) is 45.1 Å². The van der Waals surface area contributed by atoms with Crippen LogP contribution in [0.4, 0.5) is 5.69 Å². The van der Waals surface area contributed by atoms with Gasteiger partial charge in [-0.25, -0.2) is 0 Å². The number of carbonyl (C=O) groups is 1. The van der Waals surface area contributed by atoms with E-state index in [0.29, 0.717) is 34.8 Å². The molecule has 1 aromatic heterocycles. The Bertz CT molecular complexity index is 1660. The molecule has 3 aromatic carbocycles. The van der Waals surface area contributed by atoms with Crippen molar-refractivity contribution in [3.05, 3.63) is 82.4 Å². The molecule has 2 heterocycles. The molecule has 230 valence electrons. The zero-order chi connectivity index (χ0) is 31.3. The zero-order valence-corrected chi connectivity index (χ0v) is 27.1. The van der Waals surface area contributed by atoms with Crippen LogP contribution in [0.25, 0.3) is 11.4 Å². The van der Waals surface area contributed by atoms with Crippen LogP contribution in [0.5, 0.6) is 11.5 Å². The van der Waals surface area contributed by atoms with E-state index < -0.39 is 0 Å². The van der Waals surface area contributed by atoms with Gasteiger partial charge in [-0.05, 0) is 47.4 Å². The van der Waals surface area contributed by atoms with Crippen LogP contribution < -0.4 is 14.4 Å². The molecule has 1 aliphatic heterocycles. The Hall–Kier alpha value is -3.86. The Balaban J connectivity index is 1.47. The number of anilines is 1. The molecule has 44 heavy (non-hydrogen) atoms. The number of Topliss-reactive ketones (excluding diaryl/α,β-unsaturated/α-hetero) is 1. The molecule has 0 saturated carbocycles. The number of hydrogen-bond donors (Lipinski definition) is 0. The van der Waals surface area contributed by atoms with Gasteiger partial charge in [0.15, 0.2) is 11.6 Å². The lowest BCUT2D eigenvalue weighted by Gasteiger charge is -2.33. The van der Waals surface area contributed by atoms with E-state index in [4.69, 9.17) is 30.9 Å². The molecule has 0 unspecified atom stereocenters. The fraction of sp³-hybridized carbons (Fsp3) is 0.333. The summed E-state index contributed by atoms with van der Waals surface area (Å²) in [5, 5.41) is 14.6. The van der Waals surface area contributed by atoms with Crippen LogP contribution in [0.3, 0.4) is 0 Å². The Morgan fingerprint density at radius 2 is 1.82 bits per heavy atom. The van der Waals surface area contributed by atoms with E-state index in [-0.39, 0.29) is 17.0 Å². The Morgan fingerprint density at radius 1 is 1.05 bits per heavy atom. The maximum Gasteiger partial charge on any atom is 0.212 e. The van der Waals surface area contributed by atoms with Crippen LogP contribution in [0.15, 0.2) is 70.9 Å². The van der Waals surface area contributed by atoms with Crippen molar-refractivity contribution in [2.45, 2.75) is 31.3 Å². The average Bonchev–Trinajstić information content (AvgIpc) is 3.44. The van der Waals surface area contributed by atoms with Gasteiger partial charge in [-0.2, -0.15) is 9.78 Å². The van der Waals surface area contributed by atoms with Crippen LogP contribution in [-0.2, 0) is 10.2 Å². The van der Waals surface area contributed by atoms with Crippen LogP contribution in [0.1, 0.15) is 42.3 Å². The monoisotopic (exact) mass is 633 g/mol. The van der Waals surface area contributed by atoms with E-state index >= 15 is 0 Å². The van der Waals surface area contributed by atoms with E-state index in [1.807, 2.05) is 48.5 Å². The van der Waals surface area contributed by atoms with E-state index in [2.05, 4.69) is 35.9 Å². The molecule has 0 aliphatic carbocycles. The number of morpholine rings is 1. The molecule has 1 fully saturated rings. The zero-order valence-electron chi connectivity index (χ0n) is 25.5. The van der Waals surface area contributed by atoms with Gasteiger partial charge in [0.25, 0.3) is 0 Å². The molecule has 0 spiro atoms. The van der Waals surface area contributed by atoms with Crippen LogP contribution in [0.2, 0.25) is 5.02 Å². The minimum atomic E-state index is -0.239. The van der Waals surface area contributed by atoms with Gasteiger partial charge in [0, 0.05) is 34.8 Å². The van der Waals surface area contributed by atoms with Gasteiger partial charge in [-0.15, -0.1) is 10.2 Å². The van der Waals surface area contributed by atoms with Gasteiger partial charge in [-0.1, -0.05) is 68.4 Å². The number of benzene rings is 3. The second kappa shape index (κ2) is 13.8. The second-order valence-electron chi connectivity index (χ2n) is 11.3. The third-order valence-corrected chi connectivity index (χ3v) is 8.35. The van der Waals surface area contributed by atoms with Gasteiger partial charge in [0.2, 0.25) is 5.16 Å². The maximum absolute atomic E-state index is 13.8. The number of hydrogen-bond acceptors (Lipinski definition) is 9. The minimum absolute atomic E-state index is 0.0340. The van der Waals surface area contributed by atoms with Crippen LogP contribution in [-0.4, -0.2) is 73.1 Å². The lowest BCUT2D eigenvalue weighted by molar-refractivity contribution is 0.102. The smallest absolute Gasteiger partial charge is 0.212 e. The number of methoxy groups -OCH3 is 2. The van der Waals surface area contributed by atoms with Gasteiger partial charge < -0.3 is 19.1 Å². The lowest BCUT2D eigenvalue weighted by Crippen LogP contribution is -2.37. The van der Waals surface area contributed by atoms with E-state index in [1.165, 1.54) is 11.8 Å². The van der Waals surface area contributed by atoms with Crippen molar-refractivity contribution >= 4 is 41.0 Å². The number of halogens is 1. The highest BCUT2D eigenvalue weighted by Crippen LogP contribution is 2.41. The number of carbonyl (C=O) groups excluding carboxylic acids is 1. The normalized spacial score (nSPS) is 13.8. The fourth-order valence-corrected chi connectivity index (χ4v) is 5.88. The van der Waals surface area contributed by atoms with Crippen LogP contribution >= 0.6 is 23.4 Å². The van der Waals surface area contributed by atoms with E-state index in [0.717, 1.165) is 47.0 Å². The summed E-state index contributed by atoms with van der Waals surface area (Å²) in [5.74, 6) is 2.13. The first-order valence-electron chi connectivity index (χ1n) is 14.3. The van der Waals surface area contributed by atoms with Crippen molar-refractivity contribution in [1.82, 2.24) is 14.9 Å². The number of thioether (sulfide) groups is 1. The summed E-state index contributed by atoms with van der Waals surface area (Å²) in [7, 11) is 3.30. The van der Waals surface area contributed by atoms with Crippen molar-refractivity contribution in [1.29, 1.82) is 0 Å². The molecule has 5 rings (SSSR count). The number of aromatic nitrogens is 3. The molecule has 9 nitrogen and oxygen atoms in total. The summed E-state index contributed by atoms with van der Waals surface area (Å²) >= 11 is 7.57. The summed E-state index contributed by atoms with van der Waals surface area (Å²) in [6.45, 7) is 9.08. The highest BCUT2D eigenvalue weighted by Gasteiger charge is 2.27. The minimum Gasteiger partial charge on any atom is -0.497 e. The molecule has 1 saturated heterocycles. The summed E-state index contributed by atoms with van der Waals surface area (Å²) in [6.07, 6.45) is 1.71. The van der Waals surface area contributed by atoms with Gasteiger partial charge in [0.1, 0.15) is 11.5 Å². The predicted molar refractivity (Wildman–Crippen MR) is 176 cm³/mol. The quantitative estimate of drug-likeness (QED) is 0.110. The summed E-state index contributed by atoms with van der Waals surface area (Å²) < 4.78 is 18.5. The van der Waals surface area contributed by atoms with Crippen molar-refractivity contribution in [2.24, 2.45) is 5.10 Å². The van der Waals surface area contributed by atoms with E-state index in [9.17, 15) is 4.79 Å². The first-order chi connectivity index (χ1) is 21.2. The SMILES string of the molecule is COc1cccc(/C=N/n2c(SCC(=O)c3cc(N4CCOCC4)c(OC)c(C(C)(C)C)c3)nnc2-c2cccc(Cl)c2)c1. The molecule has 4 aromatic rings. The predicted octanol–water partition coefficient (Wildman–Crippen LogP) is 6.61. The summed E-state index contributed by atoms with van der Waals surface area (Å²) in [6, 6.07) is 18.8. The largest absolute Gasteiger partial charge is 0.497 e. The average molecular weight is 634 g/mol. The molecule has 11 heteroatoms. The number of nitrogens with zero attached hydrogens (tertiary/aromatic N) is 5. The Labute approximate surface area is 267 Å². The van der Waals surface area contributed by atoms with E-state index in [1.54, 1.807) is 37.2 Å². The maximum atomic E-state index is 13.8. The molecule has 0 amide bonds. The number of ketones is 1. The van der Waals surface area contributed by atoms with Gasteiger partial charge in [-0.3, -0.25) is 4.79 Å². The van der Waals surface area contributed by atoms with Gasteiger partial charge >= 0.3 is 0 Å². The Kier molecular flexibility index (Phi) is 9.93. The molecule has 0 atom stereocenters. The summed E-state index contributed by atoms with van der Waals surface area (Å²) in [4.78, 5) is 16.0. The third-order valence-electron chi connectivity index (χ3n) is 7.20. The number of rotatable bonds is 10. The van der Waals surface area contributed by atoms with Crippen molar-refractivity contribution in [3.63, 3.8) is 0 Å². The molecule has 1 aliphatic rings. The highest BCUT2D eigenvalue weighted by atomic mass is 35.5. The molecule has 0 N–H and O–H groups in total. The highest BCUT2D eigenvalue weighted by molar-refractivity contribution is 7.99.